The third-order valence-corrected chi connectivity index (χ3v) is 3.80. The summed E-state index contributed by atoms with van der Waals surface area (Å²) in [6.07, 6.45) is 3.64. The van der Waals surface area contributed by atoms with Crippen molar-refractivity contribution in [2.24, 2.45) is 0 Å². The lowest BCUT2D eigenvalue weighted by Gasteiger charge is -2.29. The van der Waals surface area contributed by atoms with E-state index in [0.717, 1.165) is 31.6 Å². The van der Waals surface area contributed by atoms with Gasteiger partial charge in [-0.15, -0.1) is 0 Å². The Balaban J connectivity index is 1.87. The molecule has 0 radical (unpaired) electrons. The Bertz CT molecular complexity index is 484. The topological polar surface area (TPSA) is 54.5 Å². The van der Waals surface area contributed by atoms with Crippen molar-refractivity contribution < 1.29 is 9.53 Å². The molecule has 0 unspecified atom stereocenters. The Hall–Kier alpha value is -1.62. The zero-order chi connectivity index (χ0) is 16.2. The normalized spacial score (nSPS) is 20.0. The van der Waals surface area contributed by atoms with E-state index in [1.807, 2.05) is 43.9 Å². The van der Waals surface area contributed by atoms with Gasteiger partial charge >= 0.3 is 6.09 Å². The van der Waals surface area contributed by atoms with E-state index in [4.69, 9.17) is 4.74 Å². The number of nitrogens with one attached hydrogen (secondary N) is 1. The predicted octanol–water partition coefficient (Wildman–Crippen LogP) is 3.13. The van der Waals surface area contributed by atoms with Crippen molar-refractivity contribution in [1.29, 1.82) is 0 Å². The van der Waals surface area contributed by atoms with Crippen LogP contribution < -0.4 is 5.32 Å². The number of hydrogen-bond acceptors (Lipinski definition) is 4. The highest BCUT2D eigenvalue weighted by Crippen LogP contribution is 2.21. The van der Waals surface area contributed by atoms with Crippen molar-refractivity contribution in [1.82, 2.24) is 15.2 Å². The number of amides is 1. The molecule has 22 heavy (non-hydrogen) atoms. The molecule has 0 bridgehead atoms. The molecule has 1 saturated heterocycles. The van der Waals surface area contributed by atoms with Crippen molar-refractivity contribution in [2.75, 3.05) is 13.1 Å². The number of hydrogen-bond donors (Lipinski definition) is 1. The Morgan fingerprint density at radius 1 is 1.50 bits per heavy atom. The molecule has 1 fully saturated rings. The summed E-state index contributed by atoms with van der Waals surface area (Å²) in [6.45, 7) is 9.33. The van der Waals surface area contributed by atoms with Crippen LogP contribution in [0.4, 0.5) is 4.79 Å². The molecule has 5 nitrogen and oxygen atoms in total. The highest BCUT2D eigenvalue weighted by molar-refractivity contribution is 5.69. The molecule has 2 atom stereocenters. The van der Waals surface area contributed by atoms with Gasteiger partial charge in [0.05, 0.1) is 5.69 Å². The van der Waals surface area contributed by atoms with E-state index in [1.165, 1.54) is 0 Å². The van der Waals surface area contributed by atoms with Crippen LogP contribution >= 0.6 is 0 Å². The number of carbonyl (C=O) groups excluding carboxylic acids is 1. The van der Waals surface area contributed by atoms with Crippen molar-refractivity contribution in [3.8, 4) is 0 Å². The van der Waals surface area contributed by atoms with Gasteiger partial charge in [-0.1, -0.05) is 6.07 Å². The maximum absolute atomic E-state index is 12.2. The molecule has 1 aliphatic heterocycles. The summed E-state index contributed by atoms with van der Waals surface area (Å²) in [5.41, 5.74) is 0.572. The minimum atomic E-state index is -0.446. The average molecular weight is 305 g/mol. The molecule has 2 heterocycles. The van der Waals surface area contributed by atoms with Crippen LogP contribution in [0, 0.1) is 0 Å². The van der Waals surface area contributed by atoms with Gasteiger partial charge in [-0.2, -0.15) is 0 Å². The van der Waals surface area contributed by atoms with E-state index in [0.29, 0.717) is 0 Å². The quantitative estimate of drug-likeness (QED) is 0.928. The minimum absolute atomic E-state index is 0.169. The first-order valence-corrected chi connectivity index (χ1v) is 8.01. The van der Waals surface area contributed by atoms with E-state index >= 15 is 0 Å². The van der Waals surface area contributed by atoms with Gasteiger partial charge in [0.25, 0.3) is 0 Å². The fourth-order valence-corrected chi connectivity index (χ4v) is 2.66. The number of pyridine rings is 1. The summed E-state index contributed by atoms with van der Waals surface area (Å²) in [4.78, 5) is 18.5. The minimum Gasteiger partial charge on any atom is -0.444 e. The largest absolute Gasteiger partial charge is 0.444 e. The van der Waals surface area contributed by atoms with Crippen molar-refractivity contribution in [3.05, 3.63) is 30.1 Å². The second kappa shape index (κ2) is 7.09. The van der Waals surface area contributed by atoms with Gasteiger partial charge < -0.3 is 15.0 Å². The van der Waals surface area contributed by atoms with Gasteiger partial charge in [-0.3, -0.25) is 4.98 Å². The van der Waals surface area contributed by atoms with Crippen molar-refractivity contribution >= 4 is 6.09 Å². The molecule has 2 rings (SSSR count). The number of rotatable bonds is 4. The first kappa shape index (κ1) is 16.7. The maximum atomic E-state index is 12.2. The van der Waals surface area contributed by atoms with Crippen molar-refractivity contribution in [3.63, 3.8) is 0 Å². The summed E-state index contributed by atoms with van der Waals surface area (Å²) < 4.78 is 5.49. The van der Waals surface area contributed by atoms with Crippen molar-refractivity contribution in [2.45, 2.75) is 58.2 Å². The van der Waals surface area contributed by atoms with Gasteiger partial charge in [0, 0.05) is 31.4 Å². The van der Waals surface area contributed by atoms with Gasteiger partial charge in [0.2, 0.25) is 0 Å². The highest BCUT2D eigenvalue weighted by Gasteiger charge is 2.32. The third kappa shape index (κ3) is 4.70. The molecule has 1 amide bonds. The summed E-state index contributed by atoms with van der Waals surface area (Å²) in [5.74, 6) is 0. The molecule has 5 heteroatoms. The maximum Gasteiger partial charge on any atom is 0.410 e. The predicted molar refractivity (Wildman–Crippen MR) is 86.6 cm³/mol. The van der Waals surface area contributed by atoms with Crippen LogP contribution in [0.5, 0.6) is 0 Å². The molecule has 1 N–H and O–H groups in total. The van der Waals surface area contributed by atoms with E-state index in [-0.39, 0.29) is 18.2 Å². The number of aromatic nitrogens is 1. The van der Waals surface area contributed by atoms with E-state index in [1.54, 1.807) is 6.20 Å². The molecule has 0 saturated carbocycles. The standard InChI is InChI=1S/C17H27N3O2/c1-13(15-9-5-6-10-18-15)19-12-14-8-7-11-20(14)16(21)22-17(2,3)4/h5-6,9-10,13-14,19H,7-8,11-12H2,1-4H3/t13-,14-/m1/s1. The SMILES string of the molecule is C[C@@H](NC[C@H]1CCCN1C(=O)OC(C)(C)C)c1ccccn1. The molecule has 122 valence electrons. The van der Waals surface area contributed by atoms with Crippen LogP contribution in [-0.2, 0) is 4.74 Å². The van der Waals surface area contributed by atoms with Crippen LogP contribution in [0.1, 0.15) is 52.3 Å². The summed E-state index contributed by atoms with van der Waals surface area (Å²) in [5, 5.41) is 3.48. The van der Waals surface area contributed by atoms with E-state index in [9.17, 15) is 4.79 Å². The van der Waals surface area contributed by atoms with Gasteiger partial charge in [-0.05, 0) is 52.7 Å². The molecule has 0 aromatic carbocycles. The average Bonchev–Trinajstić information content (AvgIpc) is 2.92. The second-order valence-corrected chi connectivity index (χ2v) is 6.85. The lowest BCUT2D eigenvalue weighted by Crippen LogP contribution is -2.44. The Morgan fingerprint density at radius 3 is 2.91 bits per heavy atom. The molecule has 1 aromatic rings. The van der Waals surface area contributed by atoms with Gasteiger partial charge in [0.1, 0.15) is 5.60 Å². The van der Waals surface area contributed by atoms with Gasteiger partial charge in [-0.25, -0.2) is 4.79 Å². The Labute approximate surface area is 133 Å². The summed E-state index contributed by atoms with van der Waals surface area (Å²) in [6, 6.07) is 6.28. The fourth-order valence-electron chi connectivity index (χ4n) is 2.66. The summed E-state index contributed by atoms with van der Waals surface area (Å²) >= 11 is 0. The highest BCUT2D eigenvalue weighted by atomic mass is 16.6. The fraction of sp³-hybridized carbons (Fsp3) is 0.647. The Kier molecular flexibility index (Phi) is 5.40. The summed E-state index contributed by atoms with van der Waals surface area (Å²) in [7, 11) is 0. The second-order valence-electron chi connectivity index (χ2n) is 6.85. The molecule has 0 spiro atoms. The Morgan fingerprint density at radius 2 is 2.27 bits per heavy atom. The number of ether oxygens (including phenoxy) is 1. The number of nitrogens with zero attached hydrogens (tertiary/aromatic N) is 2. The van der Waals surface area contributed by atoms with E-state index < -0.39 is 5.60 Å². The number of likely N-dealkylation sites (tertiary alicyclic amines) is 1. The molecule has 0 aliphatic carbocycles. The zero-order valence-corrected chi connectivity index (χ0v) is 14.0. The third-order valence-electron chi connectivity index (χ3n) is 3.80. The van der Waals surface area contributed by atoms with Crippen LogP contribution in [-0.4, -0.2) is 40.7 Å². The van der Waals surface area contributed by atoms with E-state index in [2.05, 4.69) is 17.2 Å². The monoisotopic (exact) mass is 305 g/mol. The lowest BCUT2D eigenvalue weighted by atomic mass is 10.1. The smallest absolute Gasteiger partial charge is 0.410 e. The van der Waals surface area contributed by atoms with Crippen LogP contribution in [0.15, 0.2) is 24.4 Å². The molecule has 1 aromatic heterocycles. The number of carbonyl (C=O) groups is 1. The van der Waals surface area contributed by atoms with Crippen LogP contribution in [0.3, 0.4) is 0 Å². The first-order chi connectivity index (χ1) is 10.4. The van der Waals surface area contributed by atoms with Crippen LogP contribution in [0.25, 0.3) is 0 Å². The van der Waals surface area contributed by atoms with Crippen LogP contribution in [0.2, 0.25) is 0 Å². The lowest BCUT2D eigenvalue weighted by molar-refractivity contribution is 0.0225. The molecular weight excluding hydrogens is 278 g/mol. The molecule has 1 aliphatic rings. The zero-order valence-electron chi connectivity index (χ0n) is 14.0. The van der Waals surface area contributed by atoms with Gasteiger partial charge in [0.15, 0.2) is 0 Å². The molecular formula is C17H27N3O2. The first-order valence-electron chi connectivity index (χ1n) is 8.01.